The second-order valence-electron chi connectivity index (χ2n) is 9.02. The number of nitrogens with zero attached hydrogens (tertiary/aromatic N) is 1. The fourth-order valence-corrected chi connectivity index (χ4v) is 4.02. The van der Waals surface area contributed by atoms with Gasteiger partial charge in [0, 0.05) is 34.9 Å². The van der Waals surface area contributed by atoms with Gasteiger partial charge in [0.25, 0.3) is 5.91 Å². The Kier molecular flexibility index (Phi) is 8.13. The number of aryl methyl sites for hydroxylation is 1. The third-order valence-electron chi connectivity index (χ3n) is 5.75. The van der Waals surface area contributed by atoms with Gasteiger partial charge in [-0.15, -0.1) is 0 Å². The summed E-state index contributed by atoms with van der Waals surface area (Å²) in [6, 6.07) is 22.5. The van der Waals surface area contributed by atoms with Gasteiger partial charge < -0.3 is 15.3 Å². The van der Waals surface area contributed by atoms with Crippen LogP contribution in [0.1, 0.15) is 55.6 Å². The number of carbonyl (C=O) groups excluding carboxylic acids is 2. The van der Waals surface area contributed by atoms with Gasteiger partial charge in [0.2, 0.25) is 5.91 Å². The van der Waals surface area contributed by atoms with Crippen LogP contribution in [0.4, 0.5) is 11.4 Å². The van der Waals surface area contributed by atoms with E-state index in [0.29, 0.717) is 10.6 Å². The fraction of sp³-hybridized carbons (Fsp3) is 0.286. The highest BCUT2D eigenvalue weighted by atomic mass is 35.5. The molecule has 0 aliphatic carbocycles. The van der Waals surface area contributed by atoms with Crippen LogP contribution in [0.5, 0.6) is 0 Å². The van der Waals surface area contributed by atoms with Crippen LogP contribution < -0.4 is 10.2 Å². The summed E-state index contributed by atoms with van der Waals surface area (Å²) >= 11 is 5.64. The minimum absolute atomic E-state index is 0.0203. The molecule has 0 aromatic heterocycles. The highest BCUT2D eigenvalue weighted by Gasteiger charge is 2.29. The molecule has 3 aromatic rings. The lowest BCUT2D eigenvalue weighted by Crippen LogP contribution is -2.42. The van der Waals surface area contributed by atoms with Crippen molar-refractivity contribution < 1.29 is 14.7 Å². The average molecular weight is 479 g/mol. The third kappa shape index (κ3) is 6.46. The number of hydrogen-bond acceptors (Lipinski definition) is 3. The predicted molar refractivity (Wildman–Crippen MR) is 138 cm³/mol. The Hall–Kier alpha value is -3.15. The first kappa shape index (κ1) is 25.5. The summed E-state index contributed by atoms with van der Waals surface area (Å²) in [5, 5.41) is 13.3. The maximum Gasteiger partial charge on any atom is 0.258 e. The Balaban J connectivity index is 0.000000248. The Labute approximate surface area is 206 Å². The molecular formula is C28H31ClN2O3. The van der Waals surface area contributed by atoms with Crippen molar-refractivity contribution in [3.8, 4) is 0 Å². The Morgan fingerprint density at radius 1 is 1.00 bits per heavy atom. The Morgan fingerprint density at radius 2 is 1.62 bits per heavy atom. The van der Waals surface area contributed by atoms with Crippen LogP contribution in [0.25, 0.3) is 0 Å². The minimum Gasteiger partial charge on any atom is -0.386 e. The summed E-state index contributed by atoms with van der Waals surface area (Å²) in [5.74, 6) is -0.0562. The molecule has 34 heavy (non-hydrogen) atoms. The van der Waals surface area contributed by atoms with E-state index in [1.165, 1.54) is 12.5 Å². The molecule has 0 fully saturated rings. The maximum absolute atomic E-state index is 13.0. The summed E-state index contributed by atoms with van der Waals surface area (Å²) in [4.78, 5) is 25.5. The molecule has 2 amide bonds. The molecule has 0 spiro atoms. The van der Waals surface area contributed by atoms with Crippen molar-refractivity contribution in [3.05, 3.63) is 94.5 Å². The fourth-order valence-electron chi connectivity index (χ4n) is 3.89. The van der Waals surface area contributed by atoms with Gasteiger partial charge in [-0.2, -0.15) is 0 Å². The molecule has 5 nitrogen and oxygen atoms in total. The van der Waals surface area contributed by atoms with Crippen molar-refractivity contribution >= 4 is 34.8 Å². The standard InChI is InChI=1S/C20H23NO2.C8H8ClNO/c1-14-8-9-15-6-4-5-7-18(15)21(14)19(22)16-10-12-17(13-11-16)20(2,3)23;1-6(11)10-8-4-2-7(9)3-5-8/h4-7,10-14,23H,8-9H2,1-3H3;2-5H,1H3,(H,10,11)/t14-;/m0./s1. The van der Waals surface area contributed by atoms with Gasteiger partial charge in [-0.05, 0) is 87.2 Å². The van der Waals surface area contributed by atoms with Crippen LogP contribution >= 0.6 is 11.6 Å². The van der Waals surface area contributed by atoms with Crippen LogP contribution in [-0.4, -0.2) is 23.0 Å². The number of amides is 2. The zero-order valence-corrected chi connectivity index (χ0v) is 20.8. The molecule has 3 aromatic carbocycles. The van der Waals surface area contributed by atoms with Gasteiger partial charge in [-0.25, -0.2) is 0 Å². The molecular weight excluding hydrogens is 448 g/mol. The van der Waals surface area contributed by atoms with Gasteiger partial charge in [-0.1, -0.05) is 41.9 Å². The molecule has 4 rings (SSSR count). The van der Waals surface area contributed by atoms with Gasteiger partial charge in [-0.3, -0.25) is 9.59 Å². The first-order valence-electron chi connectivity index (χ1n) is 11.3. The number of fused-ring (bicyclic) bond motifs is 1. The molecule has 178 valence electrons. The Bertz CT molecular complexity index is 1140. The van der Waals surface area contributed by atoms with E-state index < -0.39 is 5.60 Å². The normalized spacial score (nSPS) is 15.0. The maximum atomic E-state index is 13.0. The topological polar surface area (TPSA) is 69.6 Å². The van der Waals surface area contributed by atoms with E-state index in [1.807, 2.05) is 35.2 Å². The second-order valence-corrected chi connectivity index (χ2v) is 9.45. The second kappa shape index (κ2) is 10.9. The first-order valence-corrected chi connectivity index (χ1v) is 11.7. The minimum atomic E-state index is -0.896. The number of anilines is 2. The molecule has 1 aliphatic rings. The average Bonchev–Trinajstić information content (AvgIpc) is 2.80. The summed E-state index contributed by atoms with van der Waals surface area (Å²) < 4.78 is 0. The van der Waals surface area contributed by atoms with Crippen LogP contribution in [0.15, 0.2) is 72.8 Å². The lowest BCUT2D eigenvalue weighted by atomic mass is 9.94. The third-order valence-corrected chi connectivity index (χ3v) is 6.00. The van der Waals surface area contributed by atoms with E-state index in [0.717, 1.165) is 29.8 Å². The number of nitrogens with one attached hydrogen (secondary N) is 1. The molecule has 1 aliphatic heterocycles. The molecule has 0 bridgehead atoms. The number of para-hydroxylation sites is 1. The zero-order valence-electron chi connectivity index (χ0n) is 20.0. The molecule has 2 N–H and O–H groups in total. The molecule has 0 radical (unpaired) electrons. The number of aliphatic hydroxyl groups is 1. The monoisotopic (exact) mass is 478 g/mol. The van der Waals surface area contributed by atoms with E-state index in [-0.39, 0.29) is 17.9 Å². The zero-order chi connectivity index (χ0) is 24.9. The van der Waals surface area contributed by atoms with E-state index in [4.69, 9.17) is 11.6 Å². The molecule has 1 heterocycles. The quantitative estimate of drug-likeness (QED) is 0.471. The summed E-state index contributed by atoms with van der Waals surface area (Å²) in [6.45, 7) is 7.05. The molecule has 1 atom stereocenters. The van der Waals surface area contributed by atoms with Crippen LogP contribution in [-0.2, 0) is 16.8 Å². The molecule has 6 heteroatoms. The SMILES string of the molecule is CC(=O)Nc1ccc(Cl)cc1.C[C@H]1CCc2ccccc2N1C(=O)c1ccc(C(C)(C)O)cc1. The van der Waals surface area contributed by atoms with Gasteiger partial charge in [0.05, 0.1) is 5.60 Å². The van der Waals surface area contributed by atoms with Crippen molar-refractivity contribution in [2.75, 3.05) is 10.2 Å². The van der Waals surface area contributed by atoms with E-state index in [2.05, 4.69) is 18.3 Å². The highest BCUT2D eigenvalue weighted by Crippen LogP contribution is 2.32. The summed E-state index contributed by atoms with van der Waals surface area (Å²) in [6.07, 6.45) is 1.99. The smallest absolute Gasteiger partial charge is 0.258 e. The Morgan fingerprint density at radius 3 is 2.21 bits per heavy atom. The number of hydrogen-bond donors (Lipinski definition) is 2. The van der Waals surface area contributed by atoms with Gasteiger partial charge in [0.1, 0.15) is 0 Å². The number of benzene rings is 3. The van der Waals surface area contributed by atoms with E-state index in [9.17, 15) is 14.7 Å². The first-order chi connectivity index (χ1) is 16.1. The van der Waals surface area contributed by atoms with Crippen molar-refractivity contribution in [3.63, 3.8) is 0 Å². The van der Waals surface area contributed by atoms with Crippen molar-refractivity contribution in [2.45, 2.75) is 52.2 Å². The van der Waals surface area contributed by atoms with Crippen LogP contribution in [0.2, 0.25) is 5.02 Å². The molecule has 0 unspecified atom stereocenters. The number of rotatable bonds is 3. The van der Waals surface area contributed by atoms with E-state index >= 15 is 0 Å². The van der Waals surface area contributed by atoms with E-state index in [1.54, 1.807) is 50.2 Å². The molecule has 0 saturated heterocycles. The largest absolute Gasteiger partial charge is 0.386 e. The number of halogens is 1. The van der Waals surface area contributed by atoms with Crippen molar-refractivity contribution in [2.24, 2.45) is 0 Å². The number of carbonyl (C=O) groups is 2. The lowest BCUT2D eigenvalue weighted by Gasteiger charge is -2.35. The highest BCUT2D eigenvalue weighted by molar-refractivity contribution is 6.30. The van der Waals surface area contributed by atoms with Crippen molar-refractivity contribution in [1.82, 2.24) is 0 Å². The van der Waals surface area contributed by atoms with Gasteiger partial charge >= 0.3 is 0 Å². The van der Waals surface area contributed by atoms with Crippen LogP contribution in [0, 0.1) is 0 Å². The van der Waals surface area contributed by atoms with Crippen LogP contribution in [0.3, 0.4) is 0 Å². The molecule has 0 saturated carbocycles. The van der Waals surface area contributed by atoms with Gasteiger partial charge in [0.15, 0.2) is 0 Å². The predicted octanol–water partition coefficient (Wildman–Crippen LogP) is 6.19. The van der Waals surface area contributed by atoms with Crippen molar-refractivity contribution in [1.29, 1.82) is 0 Å². The lowest BCUT2D eigenvalue weighted by molar-refractivity contribution is -0.114. The summed E-state index contributed by atoms with van der Waals surface area (Å²) in [5.41, 5.74) is 3.58. The summed E-state index contributed by atoms with van der Waals surface area (Å²) in [7, 11) is 0.